The Morgan fingerprint density at radius 2 is 1.96 bits per heavy atom. The molecule has 1 aliphatic rings. The van der Waals surface area contributed by atoms with E-state index in [1.165, 1.54) is 17.0 Å². The van der Waals surface area contributed by atoms with Gasteiger partial charge in [0.15, 0.2) is 0 Å². The summed E-state index contributed by atoms with van der Waals surface area (Å²) in [4.78, 5) is 17.8. The zero-order chi connectivity index (χ0) is 17.2. The third-order valence-electron chi connectivity index (χ3n) is 3.82. The van der Waals surface area contributed by atoms with Crippen molar-refractivity contribution in [2.24, 2.45) is 0 Å². The summed E-state index contributed by atoms with van der Waals surface area (Å²) < 4.78 is 44.0. The molecule has 1 aromatic heterocycles. The van der Waals surface area contributed by atoms with E-state index in [1.54, 1.807) is 24.5 Å². The lowest BCUT2D eigenvalue weighted by atomic mass is 10.1. The highest BCUT2D eigenvalue weighted by Gasteiger charge is 2.32. The highest BCUT2D eigenvalue weighted by molar-refractivity contribution is 5.94. The first kappa shape index (κ1) is 16.3. The molecule has 0 saturated carbocycles. The number of hydrogen-bond acceptors (Lipinski definition) is 3. The number of likely N-dealkylation sites (tertiary alicyclic amines) is 1. The van der Waals surface area contributed by atoms with Crippen molar-refractivity contribution in [2.45, 2.75) is 18.7 Å². The van der Waals surface area contributed by atoms with Crippen LogP contribution in [0, 0.1) is 0 Å². The number of rotatable bonds is 3. The van der Waals surface area contributed by atoms with Gasteiger partial charge in [0.05, 0.1) is 12.1 Å². The monoisotopic (exact) mass is 336 g/mol. The largest absolute Gasteiger partial charge is 0.488 e. The molecule has 1 aromatic carbocycles. The normalized spacial score (nSPS) is 17.8. The van der Waals surface area contributed by atoms with Gasteiger partial charge in [0, 0.05) is 30.9 Å². The predicted molar refractivity (Wildman–Crippen MR) is 80.6 cm³/mol. The van der Waals surface area contributed by atoms with Crippen LogP contribution in [-0.4, -0.2) is 35.0 Å². The number of pyridine rings is 1. The van der Waals surface area contributed by atoms with E-state index >= 15 is 0 Å². The molecule has 0 unspecified atom stereocenters. The molecule has 0 aliphatic carbocycles. The summed E-state index contributed by atoms with van der Waals surface area (Å²) in [5.74, 6) is 0.241. The third-order valence-corrected chi connectivity index (χ3v) is 3.82. The van der Waals surface area contributed by atoms with Crippen LogP contribution in [0.15, 0.2) is 48.8 Å². The topological polar surface area (TPSA) is 42.4 Å². The number of ether oxygens (including phenoxy) is 1. The fraction of sp³-hybridized carbons (Fsp3) is 0.294. The summed E-state index contributed by atoms with van der Waals surface area (Å²) in [6, 6.07) is 7.93. The highest BCUT2D eigenvalue weighted by Crippen LogP contribution is 2.30. The Labute approximate surface area is 136 Å². The van der Waals surface area contributed by atoms with Crippen molar-refractivity contribution in [2.75, 3.05) is 13.1 Å². The molecule has 0 spiro atoms. The van der Waals surface area contributed by atoms with Gasteiger partial charge >= 0.3 is 6.18 Å². The molecule has 1 fully saturated rings. The molecule has 2 aromatic rings. The lowest BCUT2D eigenvalue weighted by Gasteiger charge is -2.18. The minimum atomic E-state index is -4.46. The van der Waals surface area contributed by atoms with Gasteiger partial charge in [0.25, 0.3) is 5.91 Å². The average Bonchev–Trinajstić information content (AvgIpc) is 3.03. The van der Waals surface area contributed by atoms with E-state index in [0.29, 0.717) is 25.3 Å². The molecule has 1 saturated heterocycles. The smallest absolute Gasteiger partial charge is 0.416 e. The summed E-state index contributed by atoms with van der Waals surface area (Å²) >= 11 is 0. The standard InChI is InChI=1S/C17H15F3N2O2/c18-17(19,20)13-3-1-2-12(10-13)16(23)22-9-6-15(11-22)24-14-4-7-21-8-5-14/h1-5,7-8,10,15H,6,9,11H2/t15-/m1/s1. The van der Waals surface area contributed by atoms with E-state index in [1.807, 2.05) is 0 Å². The van der Waals surface area contributed by atoms with Crippen LogP contribution in [0.2, 0.25) is 0 Å². The van der Waals surface area contributed by atoms with Crippen LogP contribution < -0.4 is 4.74 Å². The Morgan fingerprint density at radius 3 is 2.67 bits per heavy atom. The van der Waals surface area contributed by atoms with Crippen molar-refractivity contribution < 1.29 is 22.7 Å². The number of alkyl halides is 3. The van der Waals surface area contributed by atoms with E-state index in [9.17, 15) is 18.0 Å². The number of benzene rings is 1. The Balaban J connectivity index is 1.66. The van der Waals surface area contributed by atoms with Crippen LogP contribution in [0.1, 0.15) is 22.3 Å². The van der Waals surface area contributed by atoms with Crippen molar-refractivity contribution in [3.05, 3.63) is 59.9 Å². The maximum absolute atomic E-state index is 12.8. The van der Waals surface area contributed by atoms with Gasteiger partial charge in [-0.15, -0.1) is 0 Å². The van der Waals surface area contributed by atoms with E-state index in [-0.39, 0.29) is 11.7 Å². The number of carbonyl (C=O) groups excluding carboxylic acids is 1. The second-order valence-electron chi connectivity index (χ2n) is 5.54. The fourth-order valence-electron chi connectivity index (χ4n) is 2.63. The molecule has 24 heavy (non-hydrogen) atoms. The van der Waals surface area contributed by atoms with E-state index < -0.39 is 17.6 Å². The molecule has 4 nitrogen and oxygen atoms in total. The summed E-state index contributed by atoms with van der Waals surface area (Å²) in [5.41, 5.74) is -0.786. The van der Waals surface area contributed by atoms with Gasteiger partial charge in [-0.1, -0.05) is 6.07 Å². The molecule has 0 N–H and O–H groups in total. The van der Waals surface area contributed by atoms with Crippen LogP contribution in [0.5, 0.6) is 5.75 Å². The molecule has 1 amide bonds. The van der Waals surface area contributed by atoms with Crippen LogP contribution in [0.25, 0.3) is 0 Å². The van der Waals surface area contributed by atoms with E-state index in [0.717, 1.165) is 12.1 Å². The summed E-state index contributed by atoms with van der Waals surface area (Å²) in [7, 11) is 0. The number of aromatic nitrogens is 1. The molecule has 1 atom stereocenters. The third kappa shape index (κ3) is 3.67. The quantitative estimate of drug-likeness (QED) is 0.863. The van der Waals surface area contributed by atoms with E-state index in [4.69, 9.17) is 4.74 Å². The summed E-state index contributed by atoms with van der Waals surface area (Å²) in [5, 5.41) is 0. The zero-order valence-corrected chi connectivity index (χ0v) is 12.7. The molecule has 1 aliphatic heterocycles. The highest BCUT2D eigenvalue weighted by atomic mass is 19.4. The van der Waals surface area contributed by atoms with Crippen LogP contribution in [0.4, 0.5) is 13.2 Å². The second kappa shape index (κ2) is 6.51. The van der Waals surface area contributed by atoms with Gasteiger partial charge in [-0.25, -0.2) is 0 Å². The summed E-state index contributed by atoms with van der Waals surface area (Å²) in [6.07, 6.45) is -0.797. The molecule has 7 heteroatoms. The predicted octanol–water partition coefficient (Wildman–Crippen LogP) is 3.39. The van der Waals surface area contributed by atoms with Gasteiger partial charge in [-0.3, -0.25) is 9.78 Å². The van der Waals surface area contributed by atoms with Gasteiger partial charge in [0.1, 0.15) is 11.9 Å². The van der Waals surface area contributed by atoms with Crippen LogP contribution >= 0.6 is 0 Å². The molecule has 2 heterocycles. The van der Waals surface area contributed by atoms with Gasteiger partial charge < -0.3 is 9.64 Å². The van der Waals surface area contributed by atoms with Crippen molar-refractivity contribution in [1.82, 2.24) is 9.88 Å². The zero-order valence-electron chi connectivity index (χ0n) is 12.7. The Morgan fingerprint density at radius 1 is 1.21 bits per heavy atom. The van der Waals surface area contributed by atoms with E-state index in [2.05, 4.69) is 4.98 Å². The van der Waals surface area contributed by atoms with Crippen LogP contribution in [-0.2, 0) is 6.18 Å². The SMILES string of the molecule is O=C(c1cccc(C(F)(F)F)c1)N1CC[C@@H](Oc2ccncc2)C1. The van der Waals surface area contributed by atoms with Crippen LogP contribution in [0.3, 0.4) is 0 Å². The average molecular weight is 336 g/mol. The first-order valence-corrected chi connectivity index (χ1v) is 7.47. The van der Waals surface area contributed by atoms with Crippen molar-refractivity contribution in [3.63, 3.8) is 0 Å². The Kier molecular flexibility index (Phi) is 4.42. The molecule has 126 valence electrons. The Bertz CT molecular complexity index is 719. The lowest BCUT2D eigenvalue weighted by molar-refractivity contribution is -0.137. The van der Waals surface area contributed by atoms with Crippen molar-refractivity contribution in [1.29, 1.82) is 0 Å². The van der Waals surface area contributed by atoms with Gasteiger partial charge in [-0.2, -0.15) is 13.2 Å². The lowest BCUT2D eigenvalue weighted by Crippen LogP contribution is -2.31. The maximum atomic E-state index is 12.8. The van der Waals surface area contributed by atoms with Crippen molar-refractivity contribution >= 4 is 5.91 Å². The minimum absolute atomic E-state index is 0.0365. The number of hydrogen-bond donors (Lipinski definition) is 0. The molecule has 0 bridgehead atoms. The molecule has 0 radical (unpaired) electrons. The number of carbonyl (C=O) groups is 1. The molecular weight excluding hydrogens is 321 g/mol. The minimum Gasteiger partial charge on any atom is -0.488 e. The maximum Gasteiger partial charge on any atom is 0.416 e. The molecular formula is C17H15F3N2O2. The van der Waals surface area contributed by atoms with Gasteiger partial charge in [0.2, 0.25) is 0 Å². The Hall–Kier alpha value is -2.57. The molecule has 3 rings (SSSR count). The van der Waals surface area contributed by atoms with Crippen molar-refractivity contribution in [3.8, 4) is 5.75 Å². The second-order valence-corrected chi connectivity index (χ2v) is 5.54. The van der Waals surface area contributed by atoms with Gasteiger partial charge in [-0.05, 0) is 30.3 Å². The number of amides is 1. The summed E-state index contributed by atoms with van der Waals surface area (Å²) in [6.45, 7) is 0.794. The number of nitrogens with zero attached hydrogens (tertiary/aromatic N) is 2. The first-order chi connectivity index (χ1) is 11.4. The fourth-order valence-corrected chi connectivity index (χ4v) is 2.63. The first-order valence-electron chi connectivity index (χ1n) is 7.47. The number of halogens is 3.